The number of amides is 2. The Kier molecular flexibility index (Phi) is 8.46. The molecule has 0 aliphatic rings. The number of ether oxygens (including phenoxy) is 2. The summed E-state index contributed by atoms with van der Waals surface area (Å²) in [6.07, 6.45) is 2.42. The number of esters is 1. The van der Waals surface area contributed by atoms with E-state index in [9.17, 15) is 14.4 Å². The number of aromatic amines is 1. The lowest BCUT2D eigenvalue weighted by molar-refractivity contribution is -0.145. The molecule has 33 heavy (non-hydrogen) atoms. The van der Waals surface area contributed by atoms with Gasteiger partial charge in [0.2, 0.25) is 5.91 Å². The second-order valence-corrected chi connectivity index (χ2v) is 7.70. The zero-order chi connectivity index (χ0) is 23.6. The molecule has 0 bridgehead atoms. The normalized spacial score (nSPS) is 12.5. The molecule has 0 fully saturated rings. The number of alkyl carbamates (subject to hydrolysis) is 1. The van der Waals surface area contributed by atoms with Gasteiger partial charge in [0, 0.05) is 23.5 Å². The fourth-order valence-corrected chi connectivity index (χ4v) is 3.59. The first-order valence-corrected chi connectivity index (χ1v) is 10.9. The zero-order valence-electron chi connectivity index (χ0n) is 18.8. The summed E-state index contributed by atoms with van der Waals surface area (Å²) in [5.41, 5.74) is 2.66. The zero-order valence-corrected chi connectivity index (χ0v) is 18.8. The van der Waals surface area contributed by atoms with Crippen molar-refractivity contribution in [2.75, 3.05) is 7.11 Å². The number of aromatic nitrogens is 1. The van der Waals surface area contributed by atoms with Gasteiger partial charge in [0.25, 0.3) is 0 Å². The third-order valence-corrected chi connectivity index (χ3v) is 5.30. The van der Waals surface area contributed by atoms with Crippen LogP contribution in [0.4, 0.5) is 4.79 Å². The second kappa shape index (κ2) is 11.7. The fraction of sp³-hybridized carbons (Fsp3) is 0.320. The van der Waals surface area contributed by atoms with Crippen molar-refractivity contribution in [3.63, 3.8) is 0 Å². The maximum atomic E-state index is 13.0. The molecule has 0 aliphatic carbocycles. The largest absolute Gasteiger partial charge is 0.467 e. The molecule has 0 saturated heterocycles. The molecule has 3 rings (SSSR count). The van der Waals surface area contributed by atoms with E-state index in [2.05, 4.69) is 15.6 Å². The summed E-state index contributed by atoms with van der Waals surface area (Å²) >= 11 is 0. The number of H-pyrrole nitrogens is 1. The summed E-state index contributed by atoms with van der Waals surface area (Å²) < 4.78 is 10.1. The van der Waals surface area contributed by atoms with Gasteiger partial charge in [-0.15, -0.1) is 0 Å². The van der Waals surface area contributed by atoms with Crippen LogP contribution in [0.2, 0.25) is 0 Å². The topological polar surface area (TPSA) is 110 Å². The van der Waals surface area contributed by atoms with Crippen LogP contribution in [0.15, 0.2) is 60.8 Å². The van der Waals surface area contributed by atoms with Crippen LogP contribution in [0.5, 0.6) is 0 Å². The molecule has 0 unspecified atom stereocenters. The molecule has 2 atom stereocenters. The molecule has 2 aromatic carbocycles. The van der Waals surface area contributed by atoms with Crippen LogP contribution in [0, 0.1) is 0 Å². The summed E-state index contributed by atoms with van der Waals surface area (Å²) in [4.78, 5) is 40.8. The third kappa shape index (κ3) is 6.58. The third-order valence-electron chi connectivity index (χ3n) is 5.30. The standard InChI is InChI=1S/C25H29N3O5/c1-3-9-21(28-25(31)33-16-17-10-5-4-6-11-17)23(29)27-22(24(30)32-2)14-18-15-26-20-13-8-7-12-19(18)20/h4-8,10-13,15,21-22,26H,3,9,14,16H2,1-2H3,(H,27,29)(H,28,31)/t21-,22-/m1/s1. The summed E-state index contributed by atoms with van der Waals surface area (Å²) in [5.74, 6) is -1.03. The van der Waals surface area contributed by atoms with Gasteiger partial charge in [0.1, 0.15) is 18.7 Å². The minimum Gasteiger partial charge on any atom is -0.467 e. The Morgan fingerprint density at radius 2 is 1.70 bits per heavy atom. The fourth-order valence-electron chi connectivity index (χ4n) is 3.59. The van der Waals surface area contributed by atoms with Crippen molar-refractivity contribution in [1.82, 2.24) is 15.6 Å². The van der Waals surface area contributed by atoms with Gasteiger partial charge in [-0.3, -0.25) is 4.79 Å². The van der Waals surface area contributed by atoms with E-state index in [1.54, 1.807) is 0 Å². The molecular formula is C25H29N3O5. The lowest BCUT2D eigenvalue weighted by Gasteiger charge is -2.22. The first kappa shape index (κ1) is 23.8. The van der Waals surface area contributed by atoms with E-state index in [0.29, 0.717) is 12.8 Å². The first-order valence-electron chi connectivity index (χ1n) is 10.9. The number of fused-ring (bicyclic) bond motifs is 1. The monoisotopic (exact) mass is 451 g/mol. The van der Waals surface area contributed by atoms with Gasteiger partial charge < -0.3 is 25.1 Å². The van der Waals surface area contributed by atoms with Crippen LogP contribution in [0.1, 0.15) is 30.9 Å². The molecule has 8 heteroatoms. The van der Waals surface area contributed by atoms with Crippen LogP contribution >= 0.6 is 0 Å². The Morgan fingerprint density at radius 1 is 0.970 bits per heavy atom. The maximum absolute atomic E-state index is 13.0. The van der Waals surface area contributed by atoms with Crippen molar-refractivity contribution >= 4 is 28.9 Å². The van der Waals surface area contributed by atoms with E-state index in [1.165, 1.54) is 7.11 Å². The van der Waals surface area contributed by atoms with Crippen molar-refractivity contribution in [2.24, 2.45) is 0 Å². The molecule has 3 N–H and O–H groups in total. The molecule has 3 aromatic rings. The summed E-state index contributed by atoms with van der Waals surface area (Å²) in [6, 6.07) is 15.2. The van der Waals surface area contributed by atoms with Crippen LogP contribution in [0.3, 0.4) is 0 Å². The van der Waals surface area contributed by atoms with E-state index in [0.717, 1.165) is 22.0 Å². The Hall–Kier alpha value is -3.81. The molecular weight excluding hydrogens is 422 g/mol. The first-order chi connectivity index (χ1) is 16.0. The summed E-state index contributed by atoms with van der Waals surface area (Å²) in [7, 11) is 1.28. The van der Waals surface area contributed by atoms with Crippen molar-refractivity contribution < 1.29 is 23.9 Å². The maximum Gasteiger partial charge on any atom is 0.408 e. The quantitative estimate of drug-likeness (QED) is 0.409. The highest BCUT2D eigenvalue weighted by Gasteiger charge is 2.28. The average Bonchev–Trinajstić information content (AvgIpc) is 3.25. The predicted octanol–water partition coefficient (Wildman–Crippen LogP) is 3.46. The molecule has 0 radical (unpaired) electrons. The van der Waals surface area contributed by atoms with E-state index in [-0.39, 0.29) is 13.0 Å². The number of benzene rings is 2. The van der Waals surface area contributed by atoms with E-state index < -0.39 is 30.1 Å². The van der Waals surface area contributed by atoms with Gasteiger partial charge in [-0.25, -0.2) is 9.59 Å². The number of rotatable bonds is 10. The SMILES string of the molecule is CCC[C@@H](NC(=O)OCc1ccccc1)C(=O)N[C@H](Cc1c[nH]c2ccccc12)C(=O)OC. The molecule has 0 saturated carbocycles. The number of hydrogen-bond donors (Lipinski definition) is 3. The van der Waals surface area contributed by atoms with E-state index >= 15 is 0 Å². The number of nitrogens with one attached hydrogen (secondary N) is 3. The lowest BCUT2D eigenvalue weighted by atomic mass is 10.0. The minimum atomic E-state index is -0.900. The summed E-state index contributed by atoms with van der Waals surface area (Å²) in [6.45, 7) is 2.00. The van der Waals surface area contributed by atoms with Gasteiger partial charge in [0.15, 0.2) is 0 Å². The van der Waals surface area contributed by atoms with Gasteiger partial charge in [-0.1, -0.05) is 61.9 Å². The molecule has 8 nitrogen and oxygen atoms in total. The highest BCUT2D eigenvalue weighted by atomic mass is 16.5. The van der Waals surface area contributed by atoms with Crippen LogP contribution in [-0.2, 0) is 32.1 Å². The predicted molar refractivity (Wildman–Crippen MR) is 124 cm³/mol. The van der Waals surface area contributed by atoms with Crippen molar-refractivity contribution in [3.8, 4) is 0 Å². The molecule has 0 aliphatic heterocycles. The van der Waals surface area contributed by atoms with Gasteiger partial charge in [-0.05, 0) is 23.6 Å². The van der Waals surface area contributed by atoms with Crippen LogP contribution in [0.25, 0.3) is 10.9 Å². The highest BCUT2D eigenvalue weighted by molar-refractivity contribution is 5.90. The summed E-state index contributed by atoms with van der Waals surface area (Å²) in [5, 5.41) is 6.31. The lowest BCUT2D eigenvalue weighted by Crippen LogP contribution is -2.52. The number of carbonyl (C=O) groups is 3. The van der Waals surface area contributed by atoms with Crippen molar-refractivity contribution in [1.29, 1.82) is 0 Å². The van der Waals surface area contributed by atoms with Crippen molar-refractivity contribution in [2.45, 2.75) is 44.9 Å². The Balaban J connectivity index is 1.64. The van der Waals surface area contributed by atoms with Crippen molar-refractivity contribution in [3.05, 3.63) is 71.9 Å². The Morgan fingerprint density at radius 3 is 2.42 bits per heavy atom. The molecule has 0 spiro atoms. The van der Waals surface area contributed by atoms with E-state index in [1.807, 2.05) is 67.7 Å². The number of hydrogen-bond acceptors (Lipinski definition) is 5. The molecule has 174 valence electrons. The minimum absolute atomic E-state index is 0.0957. The Bertz CT molecular complexity index is 1080. The van der Waals surface area contributed by atoms with E-state index in [4.69, 9.17) is 9.47 Å². The average molecular weight is 452 g/mol. The molecule has 1 aromatic heterocycles. The van der Waals surface area contributed by atoms with Crippen LogP contribution < -0.4 is 10.6 Å². The highest BCUT2D eigenvalue weighted by Crippen LogP contribution is 2.19. The molecule has 2 amide bonds. The van der Waals surface area contributed by atoms with Gasteiger partial charge in [0.05, 0.1) is 7.11 Å². The van der Waals surface area contributed by atoms with Gasteiger partial charge >= 0.3 is 12.1 Å². The number of para-hydroxylation sites is 1. The van der Waals surface area contributed by atoms with Gasteiger partial charge in [-0.2, -0.15) is 0 Å². The Labute approximate surface area is 192 Å². The smallest absolute Gasteiger partial charge is 0.408 e. The molecule has 1 heterocycles. The second-order valence-electron chi connectivity index (χ2n) is 7.70. The van der Waals surface area contributed by atoms with Crippen LogP contribution in [-0.4, -0.2) is 42.1 Å². The number of carbonyl (C=O) groups excluding carboxylic acids is 3. The number of methoxy groups -OCH3 is 1.